The third kappa shape index (κ3) is 3.04. The molecule has 0 unspecified atom stereocenters. The first-order valence-electron chi connectivity index (χ1n) is 5.74. The molecule has 0 saturated heterocycles. The van der Waals surface area contributed by atoms with E-state index in [-0.39, 0.29) is 27.4 Å². The Bertz CT molecular complexity index is 639. The first kappa shape index (κ1) is 14.6. The standard InChI is InChI=1S/C12H13Cl2NO3S/c1-7-10(12(16)15(2)9-3-4-9)5-8(13)6-11(7)19(14,17)18/h5-6,9H,3-4H2,1-2H3. The SMILES string of the molecule is Cc1c(C(=O)N(C)C2CC2)cc(Cl)cc1S(=O)(=O)Cl. The summed E-state index contributed by atoms with van der Waals surface area (Å²) in [5.74, 6) is -0.232. The molecule has 1 aliphatic rings. The van der Waals surface area contributed by atoms with Gasteiger partial charge in [0, 0.05) is 34.4 Å². The number of benzene rings is 1. The molecule has 0 atom stereocenters. The molecule has 1 aromatic rings. The van der Waals surface area contributed by atoms with E-state index < -0.39 is 9.05 Å². The Morgan fingerprint density at radius 3 is 2.42 bits per heavy atom. The lowest BCUT2D eigenvalue weighted by Crippen LogP contribution is -2.29. The van der Waals surface area contributed by atoms with Gasteiger partial charge < -0.3 is 4.90 Å². The molecular formula is C12H13Cl2NO3S. The van der Waals surface area contributed by atoms with Crippen molar-refractivity contribution in [2.45, 2.75) is 30.7 Å². The van der Waals surface area contributed by atoms with Crippen LogP contribution < -0.4 is 0 Å². The number of amides is 1. The topological polar surface area (TPSA) is 54.5 Å². The maximum Gasteiger partial charge on any atom is 0.261 e. The highest BCUT2D eigenvalue weighted by Crippen LogP contribution is 2.31. The molecule has 0 aromatic heterocycles. The van der Waals surface area contributed by atoms with Crippen LogP contribution in [0.5, 0.6) is 0 Å². The summed E-state index contributed by atoms with van der Waals surface area (Å²) < 4.78 is 23.0. The number of hydrogen-bond acceptors (Lipinski definition) is 3. The Morgan fingerprint density at radius 2 is 1.95 bits per heavy atom. The molecule has 0 N–H and O–H groups in total. The van der Waals surface area contributed by atoms with Crippen molar-refractivity contribution in [3.05, 3.63) is 28.3 Å². The zero-order valence-corrected chi connectivity index (χ0v) is 12.8. The third-order valence-electron chi connectivity index (χ3n) is 3.23. The van der Waals surface area contributed by atoms with Crippen molar-refractivity contribution in [2.24, 2.45) is 0 Å². The lowest BCUT2D eigenvalue weighted by atomic mass is 10.1. The van der Waals surface area contributed by atoms with Gasteiger partial charge in [0.05, 0.1) is 4.90 Å². The molecule has 1 aromatic carbocycles. The van der Waals surface area contributed by atoms with Crippen molar-refractivity contribution < 1.29 is 13.2 Å². The predicted octanol–water partition coefficient (Wildman–Crippen LogP) is 2.81. The van der Waals surface area contributed by atoms with E-state index in [2.05, 4.69) is 0 Å². The normalized spacial score (nSPS) is 15.4. The quantitative estimate of drug-likeness (QED) is 0.804. The van der Waals surface area contributed by atoms with Crippen molar-refractivity contribution in [3.8, 4) is 0 Å². The minimum absolute atomic E-state index is 0.116. The molecular weight excluding hydrogens is 309 g/mol. The van der Waals surface area contributed by atoms with Crippen LogP contribution in [0.2, 0.25) is 5.02 Å². The maximum atomic E-state index is 12.3. The Kier molecular flexibility index (Phi) is 3.82. The first-order chi connectivity index (χ1) is 8.71. The van der Waals surface area contributed by atoms with E-state index in [1.807, 2.05) is 0 Å². The molecule has 0 radical (unpaired) electrons. The molecule has 104 valence electrons. The van der Waals surface area contributed by atoms with Gasteiger partial charge in [0.2, 0.25) is 0 Å². The molecule has 4 nitrogen and oxygen atoms in total. The summed E-state index contributed by atoms with van der Waals surface area (Å²) in [7, 11) is 3.13. The average Bonchev–Trinajstić information content (AvgIpc) is 3.12. The van der Waals surface area contributed by atoms with Crippen LogP contribution in [-0.2, 0) is 9.05 Å². The van der Waals surface area contributed by atoms with E-state index in [0.29, 0.717) is 5.56 Å². The Morgan fingerprint density at radius 1 is 1.37 bits per heavy atom. The van der Waals surface area contributed by atoms with Crippen LogP contribution in [0.15, 0.2) is 17.0 Å². The summed E-state index contributed by atoms with van der Waals surface area (Å²) in [4.78, 5) is 13.8. The fourth-order valence-corrected chi connectivity index (χ4v) is 3.45. The lowest BCUT2D eigenvalue weighted by Gasteiger charge is -2.18. The number of hydrogen-bond donors (Lipinski definition) is 0. The van der Waals surface area contributed by atoms with Crippen LogP contribution in [0.1, 0.15) is 28.8 Å². The van der Waals surface area contributed by atoms with Gasteiger partial charge in [-0.2, -0.15) is 0 Å². The van der Waals surface area contributed by atoms with Gasteiger partial charge in [0.25, 0.3) is 15.0 Å². The Balaban J connectivity index is 2.51. The van der Waals surface area contributed by atoms with Crippen molar-refractivity contribution >= 4 is 37.2 Å². The van der Waals surface area contributed by atoms with Gasteiger partial charge in [-0.05, 0) is 37.5 Å². The van der Waals surface area contributed by atoms with Crippen molar-refractivity contribution in [1.29, 1.82) is 0 Å². The van der Waals surface area contributed by atoms with E-state index >= 15 is 0 Å². The first-order valence-corrected chi connectivity index (χ1v) is 8.42. The molecule has 2 rings (SSSR count). The summed E-state index contributed by atoms with van der Waals surface area (Å²) in [5.41, 5.74) is 0.609. The van der Waals surface area contributed by atoms with Crippen LogP contribution in [0.4, 0.5) is 0 Å². The number of halogens is 2. The molecule has 1 amide bonds. The van der Waals surface area contributed by atoms with Gasteiger partial charge in [0.1, 0.15) is 0 Å². The van der Waals surface area contributed by atoms with Gasteiger partial charge in [-0.1, -0.05) is 11.6 Å². The molecule has 0 bridgehead atoms. The summed E-state index contributed by atoms with van der Waals surface area (Å²) in [6, 6.07) is 2.97. The van der Waals surface area contributed by atoms with E-state index in [1.165, 1.54) is 12.1 Å². The molecule has 0 spiro atoms. The molecule has 1 fully saturated rings. The second-order valence-electron chi connectivity index (χ2n) is 4.66. The van der Waals surface area contributed by atoms with Gasteiger partial charge >= 0.3 is 0 Å². The summed E-state index contributed by atoms with van der Waals surface area (Å²) in [6.07, 6.45) is 1.95. The van der Waals surface area contributed by atoms with Crippen LogP contribution >= 0.6 is 22.3 Å². The lowest BCUT2D eigenvalue weighted by molar-refractivity contribution is 0.0784. The van der Waals surface area contributed by atoms with Gasteiger partial charge in [-0.25, -0.2) is 8.42 Å². The Hall–Kier alpha value is -0.780. The summed E-state index contributed by atoms with van der Waals surface area (Å²) in [5, 5.41) is 0.178. The minimum atomic E-state index is -3.93. The number of carbonyl (C=O) groups excluding carboxylic acids is 1. The molecule has 0 heterocycles. The minimum Gasteiger partial charge on any atom is -0.339 e. The van der Waals surface area contributed by atoms with Gasteiger partial charge in [0.15, 0.2) is 0 Å². The monoisotopic (exact) mass is 321 g/mol. The van der Waals surface area contributed by atoms with Gasteiger partial charge in [-0.15, -0.1) is 0 Å². The molecule has 1 aliphatic carbocycles. The zero-order chi connectivity index (χ0) is 14.4. The van der Waals surface area contributed by atoms with E-state index in [0.717, 1.165) is 12.8 Å². The zero-order valence-electron chi connectivity index (χ0n) is 10.5. The van der Waals surface area contributed by atoms with Crippen LogP contribution in [-0.4, -0.2) is 32.3 Å². The summed E-state index contributed by atoms with van der Waals surface area (Å²) >= 11 is 5.88. The highest BCUT2D eigenvalue weighted by molar-refractivity contribution is 8.13. The van der Waals surface area contributed by atoms with Crippen LogP contribution in [0.25, 0.3) is 0 Å². The average molecular weight is 322 g/mol. The maximum absolute atomic E-state index is 12.3. The highest BCUT2D eigenvalue weighted by atomic mass is 35.7. The van der Waals surface area contributed by atoms with Crippen LogP contribution in [0, 0.1) is 6.92 Å². The summed E-state index contributed by atoms with van der Waals surface area (Å²) in [6.45, 7) is 1.56. The largest absolute Gasteiger partial charge is 0.339 e. The number of carbonyl (C=O) groups is 1. The number of nitrogens with zero attached hydrogens (tertiary/aromatic N) is 1. The second kappa shape index (κ2) is 4.96. The molecule has 1 saturated carbocycles. The Labute approximate surface area is 121 Å². The van der Waals surface area contributed by atoms with Crippen molar-refractivity contribution in [1.82, 2.24) is 4.90 Å². The third-order valence-corrected chi connectivity index (χ3v) is 4.90. The highest BCUT2D eigenvalue weighted by Gasteiger charge is 2.31. The van der Waals surface area contributed by atoms with E-state index in [4.69, 9.17) is 22.3 Å². The van der Waals surface area contributed by atoms with E-state index in [1.54, 1.807) is 18.9 Å². The fourth-order valence-electron chi connectivity index (χ4n) is 1.95. The van der Waals surface area contributed by atoms with E-state index in [9.17, 15) is 13.2 Å². The molecule has 19 heavy (non-hydrogen) atoms. The van der Waals surface area contributed by atoms with Crippen LogP contribution in [0.3, 0.4) is 0 Å². The van der Waals surface area contributed by atoms with Gasteiger partial charge in [-0.3, -0.25) is 4.79 Å². The van der Waals surface area contributed by atoms with Crippen molar-refractivity contribution in [3.63, 3.8) is 0 Å². The van der Waals surface area contributed by atoms with Crippen molar-refractivity contribution in [2.75, 3.05) is 7.05 Å². The predicted molar refractivity (Wildman–Crippen MR) is 74.3 cm³/mol. The fraction of sp³-hybridized carbons (Fsp3) is 0.417. The smallest absolute Gasteiger partial charge is 0.261 e. The molecule has 0 aliphatic heterocycles. The second-order valence-corrected chi connectivity index (χ2v) is 7.63. The number of rotatable bonds is 3. The molecule has 7 heteroatoms.